The van der Waals surface area contributed by atoms with Gasteiger partial charge in [0.15, 0.2) is 11.5 Å². The summed E-state index contributed by atoms with van der Waals surface area (Å²) in [4.78, 5) is 33.1. The number of hydrogen-bond acceptors (Lipinski definition) is 8. The maximum absolute atomic E-state index is 13.5. The van der Waals surface area contributed by atoms with E-state index in [0.717, 1.165) is 29.8 Å². The Kier molecular flexibility index (Phi) is 8.25. The number of nitrogens with one attached hydrogen (secondary N) is 1. The van der Waals surface area contributed by atoms with Crippen molar-refractivity contribution in [2.45, 2.75) is 45.6 Å². The molecular weight excluding hydrogens is 466 g/mol. The summed E-state index contributed by atoms with van der Waals surface area (Å²) in [6, 6.07) is 10.7. The number of carbonyl (C=O) groups is 2. The topological polar surface area (TPSA) is 107 Å². The second-order valence-electron chi connectivity index (χ2n) is 8.55. The van der Waals surface area contributed by atoms with E-state index >= 15 is 0 Å². The van der Waals surface area contributed by atoms with Gasteiger partial charge in [-0.15, -0.1) is 5.10 Å². The molecule has 2 amide bonds. The number of pyridine rings is 1. The van der Waals surface area contributed by atoms with Crippen molar-refractivity contribution in [1.82, 2.24) is 24.8 Å². The number of rotatable bonds is 5. The highest BCUT2D eigenvalue weighted by molar-refractivity contribution is 7.05. The molecule has 0 aliphatic carbocycles. The summed E-state index contributed by atoms with van der Waals surface area (Å²) in [7, 11) is 0. The largest absolute Gasteiger partial charge is 0.490 e. The van der Waals surface area contributed by atoms with Crippen molar-refractivity contribution >= 4 is 23.3 Å². The molecule has 9 nitrogen and oxygen atoms in total. The molecular formula is C25H29N5O4S. The van der Waals surface area contributed by atoms with Gasteiger partial charge >= 0.3 is 0 Å². The van der Waals surface area contributed by atoms with Crippen LogP contribution < -0.4 is 14.8 Å². The van der Waals surface area contributed by atoms with Gasteiger partial charge in [0.25, 0.3) is 5.91 Å². The number of nitrogens with zero attached hydrogens (tertiary/aromatic N) is 4. The van der Waals surface area contributed by atoms with Crippen molar-refractivity contribution in [3.05, 3.63) is 58.7 Å². The fourth-order valence-electron chi connectivity index (χ4n) is 3.76. The first-order valence-electron chi connectivity index (χ1n) is 11.7. The average Bonchev–Trinajstić information content (AvgIpc) is 3.34. The smallest absolute Gasteiger partial charge is 0.259 e. The summed E-state index contributed by atoms with van der Waals surface area (Å²) in [5, 5.41) is 7.06. The van der Waals surface area contributed by atoms with E-state index < -0.39 is 0 Å². The van der Waals surface area contributed by atoms with E-state index in [9.17, 15) is 9.59 Å². The van der Waals surface area contributed by atoms with E-state index in [2.05, 4.69) is 19.9 Å². The van der Waals surface area contributed by atoms with Crippen LogP contribution in [0, 0.1) is 0 Å². The number of hydrogen-bond donors (Lipinski definition) is 1. The SMILES string of the molecule is CC(C)c1nnsc1CNC(=O)CN1CCCCCOc2ccccc2Oc2ncccc2C1=O. The number of benzene rings is 1. The van der Waals surface area contributed by atoms with Gasteiger partial charge in [0.1, 0.15) is 5.56 Å². The van der Waals surface area contributed by atoms with Crippen LogP contribution in [0.5, 0.6) is 17.4 Å². The van der Waals surface area contributed by atoms with Gasteiger partial charge in [-0.25, -0.2) is 4.98 Å². The zero-order valence-corrected chi connectivity index (χ0v) is 20.7. The molecule has 10 heteroatoms. The number of para-hydroxylation sites is 2. The first-order chi connectivity index (χ1) is 17.0. The molecule has 35 heavy (non-hydrogen) atoms. The third-order valence-corrected chi connectivity index (χ3v) is 6.32. The Bertz CT molecular complexity index is 1170. The van der Waals surface area contributed by atoms with Crippen LogP contribution in [-0.2, 0) is 11.3 Å². The van der Waals surface area contributed by atoms with E-state index in [1.54, 1.807) is 29.3 Å². The molecule has 0 saturated heterocycles. The highest BCUT2D eigenvalue weighted by atomic mass is 32.1. The summed E-state index contributed by atoms with van der Waals surface area (Å²) in [6.45, 7) is 5.32. The van der Waals surface area contributed by atoms with E-state index in [4.69, 9.17) is 9.47 Å². The predicted octanol–water partition coefficient (Wildman–Crippen LogP) is 4.17. The molecule has 0 atom stereocenters. The Labute approximate surface area is 208 Å². The molecule has 0 radical (unpaired) electrons. The van der Waals surface area contributed by atoms with Gasteiger partial charge in [0.2, 0.25) is 11.8 Å². The molecule has 0 unspecified atom stereocenters. The Morgan fingerprint density at radius 3 is 2.80 bits per heavy atom. The van der Waals surface area contributed by atoms with Crippen molar-refractivity contribution in [3.63, 3.8) is 0 Å². The Hall–Kier alpha value is -3.53. The van der Waals surface area contributed by atoms with Crippen LogP contribution in [-0.4, -0.2) is 51.0 Å². The van der Waals surface area contributed by atoms with Crippen LogP contribution in [0.3, 0.4) is 0 Å². The maximum atomic E-state index is 13.5. The van der Waals surface area contributed by atoms with Crippen LogP contribution in [0.2, 0.25) is 0 Å². The third-order valence-electron chi connectivity index (χ3n) is 5.59. The van der Waals surface area contributed by atoms with E-state index in [0.29, 0.717) is 36.8 Å². The molecule has 3 heterocycles. The minimum absolute atomic E-state index is 0.0660. The van der Waals surface area contributed by atoms with Crippen molar-refractivity contribution in [3.8, 4) is 17.4 Å². The third kappa shape index (κ3) is 6.33. The fourth-order valence-corrected chi connectivity index (χ4v) is 4.50. The summed E-state index contributed by atoms with van der Waals surface area (Å²) in [6.07, 6.45) is 4.00. The van der Waals surface area contributed by atoms with Crippen LogP contribution >= 0.6 is 11.5 Å². The van der Waals surface area contributed by atoms with Crippen LogP contribution in [0.1, 0.15) is 60.0 Å². The average molecular weight is 496 g/mol. The Balaban J connectivity index is 1.52. The quantitative estimate of drug-likeness (QED) is 0.566. The van der Waals surface area contributed by atoms with Gasteiger partial charge in [-0.05, 0) is 61.0 Å². The lowest BCUT2D eigenvalue weighted by atomic mass is 10.1. The normalized spacial score (nSPS) is 14.5. The fraction of sp³-hybridized carbons (Fsp3) is 0.400. The predicted molar refractivity (Wildman–Crippen MR) is 132 cm³/mol. The monoisotopic (exact) mass is 495 g/mol. The Morgan fingerprint density at radius 1 is 1.14 bits per heavy atom. The minimum atomic E-state index is -0.303. The van der Waals surface area contributed by atoms with Crippen LogP contribution in [0.25, 0.3) is 0 Å². The minimum Gasteiger partial charge on any atom is -0.490 e. The number of amides is 2. The van der Waals surface area contributed by atoms with Crippen molar-refractivity contribution in [2.24, 2.45) is 0 Å². The lowest BCUT2D eigenvalue weighted by Gasteiger charge is -2.23. The molecule has 1 aliphatic heterocycles. The highest BCUT2D eigenvalue weighted by Crippen LogP contribution is 2.32. The molecule has 0 spiro atoms. The summed E-state index contributed by atoms with van der Waals surface area (Å²) >= 11 is 1.28. The van der Waals surface area contributed by atoms with Crippen LogP contribution in [0.15, 0.2) is 42.6 Å². The van der Waals surface area contributed by atoms with Crippen molar-refractivity contribution < 1.29 is 19.1 Å². The molecule has 0 bridgehead atoms. The number of carbonyl (C=O) groups excluding carboxylic acids is 2. The van der Waals surface area contributed by atoms with Gasteiger partial charge in [0.05, 0.1) is 30.3 Å². The van der Waals surface area contributed by atoms with E-state index in [-0.39, 0.29) is 30.2 Å². The highest BCUT2D eigenvalue weighted by Gasteiger charge is 2.24. The molecule has 0 saturated carbocycles. The summed E-state index contributed by atoms with van der Waals surface area (Å²) < 4.78 is 15.9. The standard InChI is InChI=1S/C25H29N5O4S/c1-17(2)23-21(35-29-28-23)15-27-22(31)16-30-13-6-3-7-14-33-19-10-4-5-11-20(19)34-24-18(25(30)32)9-8-12-26-24/h4-5,8-12,17H,3,6-7,13-16H2,1-2H3,(H,27,31). The molecule has 184 valence electrons. The lowest BCUT2D eigenvalue weighted by molar-refractivity contribution is -0.122. The summed E-state index contributed by atoms with van der Waals surface area (Å²) in [5.41, 5.74) is 1.18. The van der Waals surface area contributed by atoms with E-state index in [1.165, 1.54) is 11.5 Å². The molecule has 1 aliphatic rings. The molecule has 4 rings (SSSR count). The molecule has 1 aromatic carbocycles. The zero-order chi connectivity index (χ0) is 24.6. The van der Waals surface area contributed by atoms with Gasteiger partial charge < -0.3 is 19.7 Å². The molecule has 0 fully saturated rings. The van der Waals surface area contributed by atoms with E-state index in [1.807, 2.05) is 32.0 Å². The maximum Gasteiger partial charge on any atom is 0.259 e. The van der Waals surface area contributed by atoms with Crippen LogP contribution in [0.4, 0.5) is 0 Å². The second-order valence-corrected chi connectivity index (χ2v) is 9.39. The first kappa shape index (κ1) is 24.6. The molecule has 2 aromatic heterocycles. The number of ether oxygens (including phenoxy) is 2. The molecule has 3 aromatic rings. The number of aromatic nitrogens is 3. The lowest BCUT2D eigenvalue weighted by Crippen LogP contribution is -2.41. The van der Waals surface area contributed by atoms with Crippen molar-refractivity contribution in [2.75, 3.05) is 19.7 Å². The first-order valence-corrected chi connectivity index (χ1v) is 12.5. The van der Waals surface area contributed by atoms with Gasteiger partial charge in [0, 0.05) is 12.7 Å². The van der Waals surface area contributed by atoms with Gasteiger partial charge in [-0.2, -0.15) is 0 Å². The zero-order valence-electron chi connectivity index (χ0n) is 19.9. The van der Waals surface area contributed by atoms with Gasteiger partial charge in [-0.3, -0.25) is 9.59 Å². The molecule has 1 N–H and O–H groups in total. The summed E-state index contributed by atoms with van der Waals surface area (Å²) in [5.74, 6) is 0.942. The van der Waals surface area contributed by atoms with Gasteiger partial charge in [-0.1, -0.05) is 30.5 Å². The van der Waals surface area contributed by atoms with Crippen molar-refractivity contribution in [1.29, 1.82) is 0 Å². The Morgan fingerprint density at radius 2 is 1.97 bits per heavy atom. The second kappa shape index (κ2) is 11.7. The number of fused-ring (bicyclic) bond motifs is 2.